The van der Waals surface area contributed by atoms with Crippen LogP contribution < -0.4 is 0 Å². The molecule has 114 valence electrons. The van der Waals surface area contributed by atoms with E-state index in [0.29, 0.717) is 6.42 Å². The molecule has 0 aliphatic heterocycles. The summed E-state index contributed by atoms with van der Waals surface area (Å²) >= 11 is 0. The molecular weight excluding hydrogens is 284 g/mol. The Morgan fingerprint density at radius 2 is 2.05 bits per heavy atom. The maximum atomic E-state index is 13.7. The molecule has 5 heteroatoms. The third-order valence-electron chi connectivity index (χ3n) is 4.01. The third kappa shape index (κ3) is 3.90. The summed E-state index contributed by atoms with van der Waals surface area (Å²) in [6.07, 6.45) is 2.72. The van der Waals surface area contributed by atoms with Gasteiger partial charge in [0.25, 0.3) is 0 Å². The Morgan fingerprint density at radius 3 is 2.70 bits per heavy atom. The van der Waals surface area contributed by atoms with Gasteiger partial charge in [-0.1, -0.05) is 6.42 Å². The number of aliphatic hydroxyl groups is 1. The smallest absolute Gasteiger partial charge is 0.126 e. The van der Waals surface area contributed by atoms with Gasteiger partial charge in [-0.05, 0) is 50.7 Å². The summed E-state index contributed by atoms with van der Waals surface area (Å²) in [6, 6.07) is 3.43. The van der Waals surface area contributed by atoms with E-state index in [2.05, 4.69) is 0 Å². The molecule has 1 fully saturated rings. The molecule has 0 aromatic heterocycles. The van der Waals surface area contributed by atoms with Crippen LogP contribution in [0.2, 0.25) is 0 Å². The molecule has 1 aliphatic carbocycles. The highest BCUT2D eigenvalue weighted by Gasteiger charge is 2.41. The minimum Gasteiger partial charge on any atom is -0.389 e. The van der Waals surface area contributed by atoms with Crippen molar-refractivity contribution in [3.8, 4) is 0 Å². The summed E-state index contributed by atoms with van der Waals surface area (Å²) in [5.74, 6) is -0.780. The highest BCUT2D eigenvalue weighted by atomic mass is 35.5. The molecule has 0 spiro atoms. The Labute approximate surface area is 125 Å². The summed E-state index contributed by atoms with van der Waals surface area (Å²) in [7, 11) is 3.92. The Balaban J connectivity index is 0.00000200. The first-order chi connectivity index (χ1) is 8.90. The van der Waals surface area contributed by atoms with Crippen molar-refractivity contribution in [2.24, 2.45) is 5.92 Å². The van der Waals surface area contributed by atoms with E-state index in [1.807, 2.05) is 19.0 Å². The predicted molar refractivity (Wildman–Crippen MR) is 78.2 cm³/mol. The average Bonchev–Trinajstić information content (AvgIpc) is 2.65. The van der Waals surface area contributed by atoms with Gasteiger partial charge in [-0.3, -0.25) is 0 Å². The van der Waals surface area contributed by atoms with Crippen molar-refractivity contribution in [3.63, 3.8) is 0 Å². The molecule has 2 atom stereocenters. The number of benzene rings is 1. The van der Waals surface area contributed by atoms with Crippen molar-refractivity contribution < 1.29 is 13.9 Å². The first-order valence-electron chi connectivity index (χ1n) is 6.72. The molecule has 0 amide bonds. The lowest BCUT2D eigenvalue weighted by Crippen LogP contribution is -2.41. The van der Waals surface area contributed by atoms with Gasteiger partial charge in [0.05, 0.1) is 5.60 Å². The maximum Gasteiger partial charge on any atom is 0.126 e. The van der Waals surface area contributed by atoms with E-state index < -0.39 is 17.2 Å². The molecule has 0 heterocycles. The zero-order valence-corrected chi connectivity index (χ0v) is 12.7. The fourth-order valence-corrected chi connectivity index (χ4v) is 3.07. The van der Waals surface area contributed by atoms with Crippen LogP contribution in [-0.4, -0.2) is 36.2 Å². The van der Waals surface area contributed by atoms with Gasteiger partial charge in [0.15, 0.2) is 0 Å². The largest absolute Gasteiger partial charge is 0.389 e. The molecule has 1 saturated carbocycles. The molecule has 2 rings (SSSR count). The van der Waals surface area contributed by atoms with Crippen molar-refractivity contribution in [3.05, 3.63) is 35.4 Å². The number of rotatable bonds is 4. The van der Waals surface area contributed by atoms with Crippen LogP contribution in [0.25, 0.3) is 0 Å². The lowest BCUT2D eigenvalue weighted by molar-refractivity contribution is -0.00638. The van der Waals surface area contributed by atoms with Gasteiger partial charge in [0.1, 0.15) is 11.6 Å². The zero-order valence-electron chi connectivity index (χ0n) is 11.9. The van der Waals surface area contributed by atoms with Crippen LogP contribution in [0.15, 0.2) is 18.2 Å². The first kappa shape index (κ1) is 17.3. The van der Waals surface area contributed by atoms with E-state index in [-0.39, 0.29) is 30.3 Å². The van der Waals surface area contributed by atoms with E-state index in [4.69, 9.17) is 0 Å². The van der Waals surface area contributed by atoms with Crippen molar-refractivity contribution in [1.29, 1.82) is 0 Å². The van der Waals surface area contributed by atoms with Crippen LogP contribution in [-0.2, 0) is 6.42 Å². The second-order valence-electron chi connectivity index (χ2n) is 5.87. The van der Waals surface area contributed by atoms with Crippen LogP contribution in [0.5, 0.6) is 0 Å². The second kappa shape index (κ2) is 6.83. The molecular formula is C15H22ClF2NO. The number of halogens is 3. The topological polar surface area (TPSA) is 23.5 Å². The standard InChI is InChI=1S/C15H21F2NO.ClH/c1-18(2)10-12-4-3-7-15(12,19)9-11-8-13(16)5-6-14(11)17;/h5-6,8,12,19H,3-4,7,9-10H2,1-2H3;1H/t12-,15+;/m0./s1. The van der Waals surface area contributed by atoms with E-state index >= 15 is 0 Å². The highest BCUT2D eigenvalue weighted by molar-refractivity contribution is 5.85. The number of nitrogens with zero attached hydrogens (tertiary/aromatic N) is 1. The fourth-order valence-electron chi connectivity index (χ4n) is 3.07. The van der Waals surface area contributed by atoms with Crippen molar-refractivity contribution >= 4 is 12.4 Å². The highest BCUT2D eigenvalue weighted by Crippen LogP contribution is 2.39. The fraction of sp³-hybridized carbons (Fsp3) is 0.600. The van der Waals surface area contributed by atoms with Gasteiger partial charge >= 0.3 is 0 Å². The molecule has 1 aromatic rings. The van der Waals surface area contributed by atoms with Gasteiger partial charge < -0.3 is 10.0 Å². The Hall–Kier alpha value is -0.710. The van der Waals surface area contributed by atoms with Crippen LogP contribution in [0.3, 0.4) is 0 Å². The summed E-state index contributed by atoms with van der Waals surface area (Å²) in [4.78, 5) is 2.03. The maximum absolute atomic E-state index is 13.7. The molecule has 1 aromatic carbocycles. The molecule has 2 nitrogen and oxygen atoms in total. The lowest BCUT2D eigenvalue weighted by Gasteiger charge is -2.32. The van der Waals surface area contributed by atoms with Crippen LogP contribution >= 0.6 is 12.4 Å². The number of hydrogen-bond acceptors (Lipinski definition) is 2. The molecule has 0 saturated heterocycles. The van der Waals surface area contributed by atoms with Crippen molar-refractivity contribution in [1.82, 2.24) is 4.90 Å². The Kier molecular flexibility index (Phi) is 5.92. The molecule has 0 bridgehead atoms. The van der Waals surface area contributed by atoms with Gasteiger partial charge in [0, 0.05) is 18.9 Å². The van der Waals surface area contributed by atoms with Gasteiger partial charge in [0.2, 0.25) is 0 Å². The quantitative estimate of drug-likeness (QED) is 0.924. The molecule has 0 unspecified atom stereocenters. The Morgan fingerprint density at radius 1 is 1.35 bits per heavy atom. The van der Waals surface area contributed by atoms with Crippen LogP contribution in [0, 0.1) is 17.6 Å². The van der Waals surface area contributed by atoms with E-state index in [1.54, 1.807) is 0 Å². The summed E-state index contributed by atoms with van der Waals surface area (Å²) in [6.45, 7) is 0.771. The molecule has 0 radical (unpaired) electrons. The SMILES string of the molecule is CN(C)C[C@@H]1CCC[C@@]1(O)Cc1cc(F)ccc1F.Cl. The number of hydrogen-bond donors (Lipinski definition) is 1. The van der Waals surface area contributed by atoms with Crippen LogP contribution in [0.1, 0.15) is 24.8 Å². The molecule has 20 heavy (non-hydrogen) atoms. The lowest BCUT2D eigenvalue weighted by atomic mass is 9.84. The Bertz CT molecular complexity index is 455. The first-order valence-corrected chi connectivity index (χ1v) is 6.72. The van der Waals surface area contributed by atoms with Gasteiger partial charge in [-0.15, -0.1) is 12.4 Å². The minimum absolute atomic E-state index is 0. The third-order valence-corrected chi connectivity index (χ3v) is 4.01. The second-order valence-corrected chi connectivity index (χ2v) is 5.87. The van der Waals surface area contributed by atoms with Crippen molar-refractivity contribution in [2.45, 2.75) is 31.3 Å². The van der Waals surface area contributed by atoms with Gasteiger partial charge in [-0.2, -0.15) is 0 Å². The van der Waals surface area contributed by atoms with Crippen LogP contribution in [0.4, 0.5) is 8.78 Å². The van der Waals surface area contributed by atoms with Gasteiger partial charge in [-0.25, -0.2) is 8.78 Å². The summed E-state index contributed by atoms with van der Waals surface area (Å²) in [5, 5.41) is 10.8. The van der Waals surface area contributed by atoms with E-state index in [9.17, 15) is 13.9 Å². The van der Waals surface area contributed by atoms with Crippen molar-refractivity contribution in [2.75, 3.05) is 20.6 Å². The minimum atomic E-state index is -0.918. The normalized spacial score (nSPS) is 25.8. The monoisotopic (exact) mass is 305 g/mol. The predicted octanol–water partition coefficient (Wildman–Crippen LogP) is 3.02. The molecule has 1 N–H and O–H groups in total. The summed E-state index contributed by atoms with van der Waals surface area (Å²) < 4.78 is 26.9. The zero-order chi connectivity index (χ0) is 14.0. The van der Waals surface area contributed by atoms with E-state index in [1.165, 1.54) is 6.07 Å². The molecule has 1 aliphatic rings. The van der Waals surface area contributed by atoms with E-state index in [0.717, 1.165) is 31.5 Å². The average molecular weight is 306 g/mol. The summed E-state index contributed by atoms with van der Waals surface area (Å²) in [5.41, 5.74) is -0.646.